The van der Waals surface area contributed by atoms with Gasteiger partial charge in [-0.25, -0.2) is 0 Å². The fourth-order valence-corrected chi connectivity index (χ4v) is 7.17. The Balaban J connectivity index is 1.74. The number of nitrogens with one attached hydrogen (secondary N) is 1. The smallest absolute Gasteiger partial charge is 0.0861 e. The standard InChI is InChI=1S/C15H21NS3/c1-14(16-9-10-17-14)7-8-15(18-11-12-19-15)13-5-3-2-4-6-13/h2-6,16H,7-12H2,1H3. The Hall–Kier alpha value is 0.230. The van der Waals surface area contributed by atoms with Crippen LogP contribution in [0.2, 0.25) is 0 Å². The highest BCUT2D eigenvalue weighted by Crippen LogP contribution is 2.55. The third-order valence-electron chi connectivity index (χ3n) is 3.92. The highest BCUT2D eigenvalue weighted by atomic mass is 32.2. The van der Waals surface area contributed by atoms with Crippen molar-refractivity contribution in [2.45, 2.75) is 28.7 Å². The molecule has 1 N–H and O–H groups in total. The largest absolute Gasteiger partial charge is 0.302 e. The van der Waals surface area contributed by atoms with Crippen molar-refractivity contribution in [1.82, 2.24) is 5.32 Å². The maximum Gasteiger partial charge on any atom is 0.0861 e. The van der Waals surface area contributed by atoms with Crippen molar-refractivity contribution in [1.29, 1.82) is 0 Å². The van der Waals surface area contributed by atoms with Gasteiger partial charge in [0.15, 0.2) is 0 Å². The molecule has 2 aliphatic heterocycles. The van der Waals surface area contributed by atoms with Crippen LogP contribution in [0.15, 0.2) is 30.3 Å². The molecule has 1 aromatic rings. The Morgan fingerprint density at radius 3 is 2.37 bits per heavy atom. The molecule has 0 aromatic heterocycles. The molecule has 1 nitrogen and oxygen atoms in total. The molecule has 2 heterocycles. The van der Waals surface area contributed by atoms with Crippen molar-refractivity contribution < 1.29 is 0 Å². The summed E-state index contributed by atoms with van der Waals surface area (Å²) in [5.74, 6) is 3.84. The van der Waals surface area contributed by atoms with Gasteiger partial charge in [-0.05, 0) is 25.3 Å². The van der Waals surface area contributed by atoms with Crippen LogP contribution in [0.1, 0.15) is 25.3 Å². The summed E-state index contributed by atoms with van der Waals surface area (Å²) in [5, 5.41) is 3.67. The van der Waals surface area contributed by atoms with E-state index in [2.05, 4.69) is 77.9 Å². The molecule has 0 spiro atoms. The van der Waals surface area contributed by atoms with Crippen molar-refractivity contribution >= 4 is 35.3 Å². The van der Waals surface area contributed by atoms with Gasteiger partial charge in [0, 0.05) is 23.8 Å². The lowest BCUT2D eigenvalue weighted by atomic mass is 10.0. The number of hydrogen-bond acceptors (Lipinski definition) is 4. The highest BCUT2D eigenvalue weighted by molar-refractivity contribution is 8.20. The molecular formula is C15H21NS3. The minimum absolute atomic E-state index is 0.297. The second-order valence-corrected chi connectivity index (χ2v) is 9.97. The molecular weight excluding hydrogens is 290 g/mol. The Morgan fingerprint density at radius 2 is 1.74 bits per heavy atom. The van der Waals surface area contributed by atoms with Gasteiger partial charge in [0.1, 0.15) is 0 Å². The SMILES string of the molecule is CC1(CCC2(c3ccccc3)SCCS2)NCCS1. The predicted octanol–water partition coefficient (Wildman–Crippen LogP) is 4.15. The van der Waals surface area contributed by atoms with Crippen LogP contribution in [0.5, 0.6) is 0 Å². The Kier molecular flexibility index (Phi) is 4.42. The fraction of sp³-hybridized carbons (Fsp3) is 0.600. The van der Waals surface area contributed by atoms with E-state index in [0.29, 0.717) is 8.95 Å². The number of thioether (sulfide) groups is 3. The van der Waals surface area contributed by atoms with E-state index in [1.165, 1.54) is 42.2 Å². The summed E-state index contributed by atoms with van der Waals surface area (Å²) in [4.78, 5) is 0.297. The zero-order chi connectivity index (χ0) is 13.2. The monoisotopic (exact) mass is 311 g/mol. The first-order valence-corrected chi connectivity index (χ1v) is 9.91. The topological polar surface area (TPSA) is 12.0 Å². The van der Waals surface area contributed by atoms with Crippen molar-refractivity contribution in [3.63, 3.8) is 0 Å². The lowest BCUT2D eigenvalue weighted by Crippen LogP contribution is -2.35. The van der Waals surface area contributed by atoms with Gasteiger partial charge in [-0.1, -0.05) is 30.3 Å². The van der Waals surface area contributed by atoms with E-state index in [4.69, 9.17) is 0 Å². The lowest BCUT2D eigenvalue weighted by molar-refractivity contribution is 0.480. The molecule has 0 radical (unpaired) electrons. The molecule has 1 atom stereocenters. The Labute approximate surface area is 129 Å². The maximum atomic E-state index is 3.67. The first kappa shape index (κ1) is 14.2. The summed E-state index contributed by atoms with van der Waals surface area (Å²) < 4.78 is 0.301. The van der Waals surface area contributed by atoms with Crippen LogP contribution in [-0.2, 0) is 4.08 Å². The molecule has 2 aliphatic rings. The van der Waals surface area contributed by atoms with Crippen molar-refractivity contribution in [2.75, 3.05) is 23.8 Å². The normalized spacial score (nSPS) is 29.7. The van der Waals surface area contributed by atoms with E-state index >= 15 is 0 Å². The van der Waals surface area contributed by atoms with Crippen LogP contribution >= 0.6 is 35.3 Å². The molecule has 2 saturated heterocycles. The minimum atomic E-state index is 0.297. The van der Waals surface area contributed by atoms with Crippen LogP contribution in [-0.4, -0.2) is 28.7 Å². The molecule has 0 bridgehead atoms. The molecule has 1 aromatic carbocycles. The van der Waals surface area contributed by atoms with Crippen LogP contribution in [0.25, 0.3) is 0 Å². The maximum absolute atomic E-state index is 3.67. The molecule has 0 amide bonds. The van der Waals surface area contributed by atoms with Crippen LogP contribution in [0.3, 0.4) is 0 Å². The molecule has 2 fully saturated rings. The molecule has 4 heteroatoms. The summed E-state index contributed by atoms with van der Waals surface area (Å²) in [6.07, 6.45) is 2.52. The summed E-state index contributed by atoms with van der Waals surface area (Å²) >= 11 is 6.39. The van der Waals surface area contributed by atoms with E-state index in [9.17, 15) is 0 Å². The second-order valence-electron chi connectivity index (χ2n) is 5.32. The van der Waals surface area contributed by atoms with Crippen molar-refractivity contribution in [2.24, 2.45) is 0 Å². The Morgan fingerprint density at radius 1 is 1.00 bits per heavy atom. The summed E-state index contributed by atoms with van der Waals surface area (Å²) in [6, 6.07) is 11.1. The fourth-order valence-electron chi connectivity index (χ4n) is 2.81. The first-order valence-electron chi connectivity index (χ1n) is 6.95. The highest BCUT2D eigenvalue weighted by Gasteiger charge is 2.40. The van der Waals surface area contributed by atoms with E-state index in [1.54, 1.807) is 0 Å². The average molecular weight is 312 g/mol. The molecule has 0 saturated carbocycles. The summed E-state index contributed by atoms with van der Waals surface area (Å²) in [6.45, 7) is 3.54. The van der Waals surface area contributed by atoms with Crippen LogP contribution in [0.4, 0.5) is 0 Å². The van der Waals surface area contributed by atoms with Gasteiger partial charge in [0.25, 0.3) is 0 Å². The number of benzene rings is 1. The zero-order valence-electron chi connectivity index (χ0n) is 11.4. The third-order valence-corrected chi connectivity index (χ3v) is 8.91. The zero-order valence-corrected chi connectivity index (χ0v) is 13.8. The number of rotatable bonds is 4. The van der Waals surface area contributed by atoms with Crippen molar-refractivity contribution in [3.8, 4) is 0 Å². The Bertz CT molecular complexity index is 409. The van der Waals surface area contributed by atoms with Gasteiger partial charge in [-0.2, -0.15) is 0 Å². The van der Waals surface area contributed by atoms with Crippen LogP contribution in [0, 0.1) is 0 Å². The average Bonchev–Trinajstić information content (AvgIpc) is 3.08. The van der Waals surface area contributed by atoms with Gasteiger partial charge in [0.05, 0.1) is 8.95 Å². The first-order chi connectivity index (χ1) is 9.23. The lowest BCUT2D eigenvalue weighted by Gasteiger charge is -2.32. The van der Waals surface area contributed by atoms with Gasteiger partial charge >= 0.3 is 0 Å². The molecule has 3 rings (SSSR count). The van der Waals surface area contributed by atoms with Gasteiger partial charge in [-0.3, -0.25) is 0 Å². The van der Waals surface area contributed by atoms with Gasteiger partial charge < -0.3 is 5.32 Å². The van der Waals surface area contributed by atoms with Gasteiger partial charge in [-0.15, -0.1) is 35.3 Å². The van der Waals surface area contributed by atoms with E-state index < -0.39 is 0 Å². The van der Waals surface area contributed by atoms with E-state index in [0.717, 1.165) is 0 Å². The van der Waals surface area contributed by atoms with Crippen molar-refractivity contribution in [3.05, 3.63) is 35.9 Å². The predicted molar refractivity (Wildman–Crippen MR) is 91.1 cm³/mol. The summed E-state index contributed by atoms with van der Waals surface area (Å²) in [7, 11) is 0. The van der Waals surface area contributed by atoms with E-state index in [1.807, 2.05) is 0 Å². The summed E-state index contributed by atoms with van der Waals surface area (Å²) in [5.41, 5.74) is 1.51. The second kappa shape index (κ2) is 5.92. The van der Waals surface area contributed by atoms with E-state index in [-0.39, 0.29) is 0 Å². The molecule has 0 aliphatic carbocycles. The quantitative estimate of drug-likeness (QED) is 0.896. The minimum Gasteiger partial charge on any atom is -0.302 e. The molecule has 19 heavy (non-hydrogen) atoms. The third kappa shape index (κ3) is 3.12. The molecule has 1 unspecified atom stereocenters. The van der Waals surface area contributed by atoms with Gasteiger partial charge in [0.2, 0.25) is 0 Å². The van der Waals surface area contributed by atoms with Crippen LogP contribution < -0.4 is 5.32 Å². The molecule has 104 valence electrons. The number of hydrogen-bond donors (Lipinski definition) is 1.